The largest absolute Gasteiger partial charge is 0.382 e. The summed E-state index contributed by atoms with van der Waals surface area (Å²) in [7, 11) is 3.45. The molecule has 0 aliphatic carbocycles. The fourth-order valence-corrected chi connectivity index (χ4v) is 2.71. The maximum atomic E-state index is 6.18. The van der Waals surface area contributed by atoms with E-state index in [1.807, 2.05) is 12.1 Å². The molecule has 0 aliphatic rings. The molecule has 1 aromatic carbocycles. The second-order valence-electron chi connectivity index (χ2n) is 5.58. The average molecular weight is 518 g/mol. The van der Waals surface area contributed by atoms with Crippen molar-refractivity contribution in [2.45, 2.75) is 25.7 Å². The molecule has 0 bridgehead atoms. The normalized spacial score (nSPS) is 11.2. The number of rotatable bonds is 12. The van der Waals surface area contributed by atoms with Gasteiger partial charge < -0.3 is 20.1 Å². The van der Waals surface area contributed by atoms with E-state index in [9.17, 15) is 0 Å². The molecule has 0 amide bonds. The first-order valence-corrected chi connectivity index (χ1v) is 9.38. The Morgan fingerprint density at radius 2 is 1.77 bits per heavy atom. The first kappa shape index (κ1) is 25.7. The summed E-state index contributed by atoms with van der Waals surface area (Å²) >= 11 is 12.1. The quantitative estimate of drug-likeness (QED) is 0.189. The zero-order chi connectivity index (χ0) is 18.3. The summed E-state index contributed by atoms with van der Waals surface area (Å²) < 4.78 is 10.4. The highest BCUT2D eigenvalue weighted by molar-refractivity contribution is 14.0. The average Bonchev–Trinajstić information content (AvgIpc) is 2.60. The van der Waals surface area contributed by atoms with Crippen LogP contribution in [0.1, 0.15) is 24.8 Å². The summed E-state index contributed by atoms with van der Waals surface area (Å²) in [6.45, 7) is 3.77. The molecule has 0 aromatic heterocycles. The summed E-state index contributed by atoms with van der Waals surface area (Å²) in [4.78, 5) is 4.22. The molecule has 0 saturated heterocycles. The van der Waals surface area contributed by atoms with Crippen LogP contribution in [0.3, 0.4) is 0 Å². The molecule has 8 heteroatoms. The Hall–Kier alpha value is -0.280. The minimum Gasteiger partial charge on any atom is -0.382 e. The standard InChI is InChI=1S/C18H29Cl2N3O2.HI/c1-21-18(22-9-3-4-11-25-13-12-24-2)23-10-5-6-15-7-8-16(19)14-17(15)20;/h7-8,14H,3-6,9-13H2,1-2H3,(H2,21,22,23);1H. The minimum atomic E-state index is 0. The van der Waals surface area contributed by atoms with Gasteiger partial charge in [0.2, 0.25) is 0 Å². The van der Waals surface area contributed by atoms with Gasteiger partial charge in [-0.1, -0.05) is 29.3 Å². The van der Waals surface area contributed by atoms with Crippen molar-refractivity contribution in [1.82, 2.24) is 10.6 Å². The summed E-state index contributed by atoms with van der Waals surface area (Å²) in [5.74, 6) is 0.822. The van der Waals surface area contributed by atoms with Crippen LogP contribution in [0.4, 0.5) is 0 Å². The number of aliphatic imine (C=N–C) groups is 1. The monoisotopic (exact) mass is 517 g/mol. The van der Waals surface area contributed by atoms with Crippen LogP contribution in [0.2, 0.25) is 10.0 Å². The summed E-state index contributed by atoms with van der Waals surface area (Å²) in [5.41, 5.74) is 1.12. The second-order valence-corrected chi connectivity index (χ2v) is 6.42. The molecule has 0 saturated carbocycles. The Kier molecular flexibility index (Phi) is 16.7. The van der Waals surface area contributed by atoms with Crippen LogP contribution >= 0.6 is 47.2 Å². The van der Waals surface area contributed by atoms with Crippen molar-refractivity contribution in [3.8, 4) is 0 Å². The van der Waals surface area contributed by atoms with E-state index in [0.717, 1.165) is 61.9 Å². The van der Waals surface area contributed by atoms with Gasteiger partial charge in [-0.25, -0.2) is 0 Å². The molecule has 0 atom stereocenters. The number of nitrogens with zero attached hydrogens (tertiary/aromatic N) is 1. The third-order valence-electron chi connectivity index (χ3n) is 3.59. The van der Waals surface area contributed by atoms with Crippen LogP contribution in [-0.4, -0.2) is 53.0 Å². The topological polar surface area (TPSA) is 54.9 Å². The van der Waals surface area contributed by atoms with Crippen LogP contribution in [0.5, 0.6) is 0 Å². The van der Waals surface area contributed by atoms with E-state index in [4.69, 9.17) is 32.7 Å². The third-order valence-corrected chi connectivity index (χ3v) is 4.18. The molecule has 150 valence electrons. The van der Waals surface area contributed by atoms with Crippen LogP contribution in [0, 0.1) is 0 Å². The number of unbranched alkanes of at least 4 members (excludes halogenated alkanes) is 1. The van der Waals surface area contributed by atoms with E-state index in [2.05, 4.69) is 15.6 Å². The first-order valence-electron chi connectivity index (χ1n) is 8.62. The molecular weight excluding hydrogens is 488 g/mol. The molecule has 0 radical (unpaired) electrons. The lowest BCUT2D eigenvalue weighted by molar-refractivity contribution is 0.0689. The van der Waals surface area contributed by atoms with Crippen molar-refractivity contribution in [3.05, 3.63) is 33.8 Å². The molecule has 0 spiro atoms. The minimum absolute atomic E-state index is 0. The van der Waals surface area contributed by atoms with Crippen LogP contribution in [0.15, 0.2) is 23.2 Å². The molecule has 0 heterocycles. The number of ether oxygens (including phenoxy) is 2. The molecule has 5 nitrogen and oxygen atoms in total. The third kappa shape index (κ3) is 12.2. The zero-order valence-electron chi connectivity index (χ0n) is 15.5. The lowest BCUT2D eigenvalue weighted by Crippen LogP contribution is -2.38. The van der Waals surface area contributed by atoms with Crippen molar-refractivity contribution in [1.29, 1.82) is 0 Å². The van der Waals surface area contributed by atoms with Gasteiger partial charge in [-0.05, 0) is 43.4 Å². The zero-order valence-corrected chi connectivity index (χ0v) is 19.4. The Morgan fingerprint density at radius 1 is 1.04 bits per heavy atom. The smallest absolute Gasteiger partial charge is 0.190 e. The van der Waals surface area contributed by atoms with Gasteiger partial charge in [0.05, 0.1) is 13.2 Å². The molecule has 1 aromatic rings. The highest BCUT2D eigenvalue weighted by Gasteiger charge is 2.02. The number of aryl methyl sites for hydroxylation is 1. The number of halogens is 3. The molecule has 0 aliphatic heterocycles. The maximum absolute atomic E-state index is 6.18. The van der Waals surface area contributed by atoms with Crippen molar-refractivity contribution in [2.75, 3.05) is 47.1 Å². The Morgan fingerprint density at radius 3 is 2.42 bits per heavy atom. The van der Waals surface area contributed by atoms with Crippen molar-refractivity contribution in [3.63, 3.8) is 0 Å². The van der Waals surface area contributed by atoms with Gasteiger partial charge >= 0.3 is 0 Å². The predicted octanol–water partition coefficient (Wildman–Crippen LogP) is 4.15. The van der Waals surface area contributed by atoms with Gasteiger partial charge in [0.15, 0.2) is 5.96 Å². The van der Waals surface area contributed by atoms with Crippen molar-refractivity contribution < 1.29 is 9.47 Å². The SMILES string of the molecule is CN=C(NCCCCOCCOC)NCCCc1ccc(Cl)cc1Cl.I. The van der Waals surface area contributed by atoms with E-state index in [0.29, 0.717) is 18.2 Å². The van der Waals surface area contributed by atoms with Gasteiger partial charge in [-0.3, -0.25) is 4.99 Å². The fourth-order valence-electron chi connectivity index (χ4n) is 2.21. The molecule has 26 heavy (non-hydrogen) atoms. The fraction of sp³-hybridized carbons (Fsp3) is 0.611. The number of nitrogens with one attached hydrogen (secondary N) is 2. The Labute approximate surface area is 184 Å². The van der Waals surface area contributed by atoms with E-state index in [-0.39, 0.29) is 24.0 Å². The summed E-state index contributed by atoms with van der Waals surface area (Å²) in [6, 6.07) is 5.63. The first-order chi connectivity index (χ1) is 12.2. The van der Waals surface area contributed by atoms with Gasteiger partial charge in [-0.15, -0.1) is 24.0 Å². The summed E-state index contributed by atoms with van der Waals surface area (Å²) in [5, 5.41) is 8.01. The number of hydrogen-bond donors (Lipinski definition) is 2. The molecular formula is C18H30Cl2IN3O2. The molecule has 0 unspecified atom stereocenters. The van der Waals surface area contributed by atoms with Crippen LogP contribution in [0.25, 0.3) is 0 Å². The van der Waals surface area contributed by atoms with Crippen LogP contribution < -0.4 is 10.6 Å². The highest BCUT2D eigenvalue weighted by atomic mass is 127. The van der Waals surface area contributed by atoms with E-state index in [1.54, 1.807) is 20.2 Å². The van der Waals surface area contributed by atoms with E-state index < -0.39 is 0 Å². The van der Waals surface area contributed by atoms with Gasteiger partial charge in [0, 0.05) is 43.9 Å². The van der Waals surface area contributed by atoms with E-state index >= 15 is 0 Å². The molecule has 2 N–H and O–H groups in total. The second kappa shape index (κ2) is 16.9. The Balaban J connectivity index is 0.00000625. The van der Waals surface area contributed by atoms with E-state index in [1.165, 1.54) is 0 Å². The van der Waals surface area contributed by atoms with Gasteiger partial charge in [0.1, 0.15) is 0 Å². The van der Waals surface area contributed by atoms with Gasteiger partial charge in [-0.2, -0.15) is 0 Å². The van der Waals surface area contributed by atoms with Crippen molar-refractivity contribution in [2.24, 2.45) is 4.99 Å². The lowest BCUT2D eigenvalue weighted by Gasteiger charge is -2.12. The molecule has 0 fully saturated rings. The number of guanidine groups is 1. The maximum Gasteiger partial charge on any atom is 0.190 e. The molecule has 1 rings (SSSR count). The van der Waals surface area contributed by atoms with Gasteiger partial charge in [0.25, 0.3) is 0 Å². The summed E-state index contributed by atoms with van der Waals surface area (Å²) in [6.07, 6.45) is 3.92. The predicted molar refractivity (Wildman–Crippen MR) is 121 cm³/mol. The number of hydrogen-bond acceptors (Lipinski definition) is 3. The van der Waals surface area contributed by atoms with Crippen molar-refractivity contribution >= 4 is 53.1 Å². The van der Waals surface area contributed by atoms with Crippen LogP contribution in [-0.2, 0) is 15.9 Å². The lowest BCUT2D eigenvalue weighted by atomic mass is 10.1. The highest BCUT2D eigenvalue weighted by Crippen LogP contribution is 2.21. The number of methoxy groups -OCH3 is 1. The Bertz CT molecular complexity index is 519. The number of benzene rings is 1.